The van der Waals surface area contributed by atoms with Crippen LogP contribution < -0.4 is 5.32 Å². The lowest BCUT2D eigenvalue weighted by molar-refractivity contribution is 0.201. The van der Waals surface area contributed by atoms with E-state index in [4.69, 9.17) is 4.74 Å². The van der Waals surface area contributed by atoms with Crippen LogP contribution in [-0.4, -0.2) is 50.8 Å². The van der Waals surface area contributed by atoms with Crippen LogP contribution in [0, 0.1) is 0 Å². The van der Waals surface area contributed by atoms with Gasteiger partial charge in [-0.1, -0.05) is 0 Å². The van der Waals surface area contributed by atoms with Gasteiger partial charge in [0.2, 0.25) is 0 Å². The molecule has 0 spiro atoms. The highest BCUT2D eigenvalue weighted by Gasteiger charge is 2.31. The average Bonchev–Trinajstić information content (AvgIpc) is 3.26. The van der Waals surface area contributed by atoms with Crippen molar-refractivity contribution in [2.75, 3.05) is 25.6 Å². The minimum Gasteiger partial charge on any atom is -0.384 e. The van der Waals surface area contributed by atoms with Gasteiger partial charge in [0, 0.05) is 52.0 Å². The minimum atomic E-state index is -0.0948. The number of urea groups is 1. The van der Waals surface area contributed by atoms with Crippen LogP contribution in [0.1, 0.15) is 30.1 Å². The van der Waals surface area contributed by atoms with Gasteiger partial charge in [-0.2, -0.15) is 10.2 Å². The lowest BCUT2D eigenvalue weighted by Gasteiger charge is -2.24. The number of amides is 2. The second-order valence-corrected chi connectivity index (χ2v) is 6.12. The van der Waals surface area contributed by atoms with Crippen molar-refractivity contribution in [1.29, 1.82) is 0 Å². The number of carbonyl (C=O) groups is 1. The quantitative estimate of drug-likeness (QED) is 0.904. The summed E-state index contributed by atoms with van der Waals surface area (Å²) in [5.74, 6) is 0.697. The van der Waals surface area contributed by atoms with E-state index in [0.717, 1.165) is 37.1 Å². The number of nitrogens with one attached hydrogen (secondary N) is 1. The SMILES string of the molecule is COCCc1cc(NC(=O)N2CCCC2c2cnn(C)c2)n(C)n1. The largest absolute Gasteiger partial charge is 0.384 e. The first kappa shape index (κ1) is 16.5. The Hall–Kier alpha value is -2.35. The summed E-state index contributed by atoms with van der Waals surface area (Å²) in [5.41, 5.74) is 1.98. The van der Waals surface area contributed by atoms with Crippen LogP contribution in [0.5, 0.6) is 0 Å². The van der Waals surface area contributed by atoms with Gasteiger partial charge in [0.1, 0.15) is 5.82 Å². The molecule has 1 saturated heterocycles. The maximum atomic E-state index is 12.7. The Bertz CT molecular complexity index is 707. The average molecular weight is 332 g/mol. The van der Waals surface area contributed by atoms with E-state index < -0.39 is 0 Å². The van der Waals surface area contributed by atoms with Crippen molar-refractivity contribution in [2.45, 2.75) is 25.3 Å². The second-order valence-electron chi connectivity index (χ2n) is 6.12. The molecule has 3 rings (SSSR count). The third-order valence-corrected chi connectivity index (χ3v) is 4.35. The normalized spacial score (nSPS) is 17.5. The number of hydrogen-bond acceptors (Lipinski definition) is 4. The van der Waals surface area contributed by atoms with E-state index >= 15 is 0 Å². The molecule has 0 radical (unpaired) electrons. The number of aromatic nitrogens is 4. The molecule has 1 fully saturated rings. The topological polar surface area (TPSA) is 77.2 Å². The molecule has 2 aromatic rings. The molecule has 2 aromatic heterocycles. The van der Waals surface area contributed by atoms with Gasteiger partial charge in [-0.15, -0.1) is 0 Å². The van der Waals surface area contributed by atoms with E-state index in [0.29, 0.717) is 12.4 Å². The van der Waals surface area contributed by atoms with Gasteiger partial charge in [-0.3, -0.25) is 14.7 Å². The Balaban J connectivity index is 1.69. The number of aryl methyl sites for hydroxylation is 2. The summed E-state index contributed by atoms with van der Waals surface area (Å²) >= 11 is 0. The summed E-state index contributed by atoms with van der Waals surface area (Å²) in [5, 5.41) is 11.6. The first-order valence-electron chi connectivity index (χ1n) is 8.16. The Labute approximate surface area is 141 Å². The fourth-order valence-electron chi connectivity index (χ4n) is 3.12. The maximum absolute atomic E-state index is 12.7. The van der Waals surface area contributed by atoms with Gasteiger partial charge in [0.05, 0.1) is 24.5 Å². The molecule has 24 heavy (non-hydrogen) atoms. The molecule has 0 saturated carbocycles. The monoisotopic (exact) mass is 332 g/mol. The molecule has 130 valence electrons. The van der Waals surface area contributed by atoms with Crippen LogP contribution in [0.2, 0.25) is 0 Å². The highest BCUT2D eigenvalue weighted by molar-refractivity contribution is 5.89. The summed E-state index contributed by atoms with van der Waals surface area (Å²) in [7, 11) is 5.38. The van der Waals surface area contributed by atoms with Crippen molar-refractivity contribution in [3.63, 3.8) is 0 Å². The lowest BCUT2D eigenvalue weighted by Crippen LogP contribution is -2.34. The second kappa shape index (κ2) is 7.04. The summed E-state index contributed by atoms with van der Waals surface area (Å²) in [6.45, 7) is 1.36. The zero-order valence-electron chi connectivity index (χ0n) is 14.4. The number of nitrogens with zero attached hydrogens (tertiary/aromatic N) is 5. The molecule has 0 aromatic carbocycles. The molecule has 1 atom stereocenters. The van der Waals surface area contributed by atoms with Gasteiger partial charge >= 0.3 is 6.03 Å². The number of hydrogen-bond donors (Lipinski definition) is 1. The predicted molar refractivity (Wildman–Crippen MR) is 89.7 cm³/mol. The molecule has 2 amide bonds. The highest BCUT2D eigenvalue weighted by atomic mass is 16.5. The molecule has 3 heterocycles. The molecule has 8 nitrogen and oxygen atoms in total. The number of anilines is 1. The molecule has 1 unspecified atom stereocenters. The van der Waals surface area contributed by atoms with Gasteiger partial charge in [0.25, 0.3) is 0 Å². The molecular weight excluding hydrogens is 308 g/mol. The summed E-state index contributed by atoms with van der Waals surface area (Å²) in [6, 6.07) is 1.88. The molecular formula is C16H24N6O2. The Kier molecular flexibility index (Phi) is 4.84. The molecule has 8 heteroatoms. The first-order chi connectivity index (χ1) is 11.6. The summed E-state index contributed by atoms with van der Waals surface area (Å²) in [4.78, 5) is 14.6. The predicted octanol–water partition coefficient (Wildman–Crippen LogP) is 1.71. The maximum Gasteiger partial charge on any atom is 0.323 e. The third-order valence-electron chi connectivity index (χ3n) is 4.35. The molecule has 0 bridgehead atoms. The van der Waals surface area contributed by atoms with Crippen molar-refractivity contribution >= 4 is 11.8 Å². The van der Waals surface area contributed by atoms with E-state index in [1.54, 1.807) is 16.5 Å². The van der Waals surface area contributed by atoms with Gasteiger partial charge in [-0.05, 0) is 12.8 Å². The summed E-state index contributed by atoms with van der Waals surface area (Å²) in [6.07, 6.45) is 6.50. The van der Waals surface area contributed by atoms with Crippen molar-refractivity contribution < 1.29 is 9.53 Å². The van der Waals surface area contributed by atoms with Crippen molar-refractivity contribution in [3.8, 4) is 0 Å². The Morgan fingerprint density at radius 1 is 1.46 bits per heavy atom. The Morgan fingerprint density at radius 3 is 3.00 bits per heavy atom. The lowest BCUT2D eigenvalue weighted by atomic mass is 10.1. The number of carbonyl (C=O) groups excluding carboxylic acids is 1. The van der Waals surface area contributed by atoms with Gasteiger partial charge < -0.3 is 9.64 Å². The van der Waals surface area contributed by atoms with E-state index in [2.05, 4.69) is 15.5 Å². The highest BCUT2D eigenvalue weighted by Crippen LogP contribution is 2.32. The van der Waals surface area contributed by atoms with E-state index in [1.807, 2.05) is 37.5 Å². The van der Waals surface area contributed by atoms with Crippen LogP contribution >= 0.6 is 0 Å². The van der Waals surface area contributed by atoms with Crippen LogP contribution in [0.4, 0.5) is 10.6 Å². The standard InChI is InChI=1S/C16H24N6O2/c1-20-11-12(10-17-20)14-5-4-7-22(14)16(23)18-15-9-13(6-8-24-3)19-21(15)2/h9-11,14H,4-8H2,1-3H3,(H,18,23). The summed E-state index contributed by atoms with van der Waals surface area (Å²) < 4.78 is 8.53. The van der Waals surface area contributed by atoms with Gasteiger partial charge in [0.15, 0.2) is 0 Å². The number of ether oxygens (including phenoxy) is 1. The Morgan fingerprint density at radius 2 is 2.29 bits per heavy atom. The number of rotatable bonds is 5. The fraction of sp³-hybridized carbons (Fsp3) is 0.562. The van der Waals surface area contributed by atoms with E-state index in [1.165, 1.54) is 0 Å². The van der Waals surface area contributed by atoms with Crippen molar-refractivity contribution in [2.24, 2.45) is 14.1 Å². The smallest absolute Gasteiger partial charge is 0.323 e. The van der Waals surface area contributed by atoms with E-state index in [-0.39, 0.29) is 12.1 Å². The third kappa shape index (κ3) is 3.43. The molecule has 1 aliphatic heterocycles. The van der Waals surface area contributed by atoms with Crippen molar-refractivity contribution in [1.82, 2.24) is 24.5 Å². The zero-order valence-corrected chi connectivity index (χ0v) is 14.4. The van der Waals surface area contributed by atoms with Gasteiger partial charge in [-0.25, -0.2) is 4.79 Å². The van der Waals surface area contributed by atoms with Crippen LogP contribution in [-0.2, 0) is 25.3 Å². The number of methoxy groups -OCH3 is 1. The minimum absolute atomic E-state index is 0.0832. The number of likely N-dealkylation sites (tertiary alicyclic amines) is 1. The zero-order chi connectivity index (χ0) is 17.1. The van der Waals surface area contributed by atoms with Crippen molar-refractivity contribution in [3.05, 3.63) is 29.7 Å². The molecule has 0 aliphatic carbocycles. The van der Waals surface area contributed by atoms with E-state index in [9.17, 15) is 4.79 Å². The van der Waals surface area contributed by atoms with Crippen LogP contribution in [0.15, 0.2) is 18.5 Å². The molecule has 1 N–H and O–H groups in total. The first-order valence-corrected chi connectivity index (χ1v) is 8.16. The van der Waals surface area contributed by atoms with Crippen LogP contribution in [0.25, 0.3) is 0 Å². The fourth-order valence-corrected chi connectivity index (χ4v) is 3.12. The molecule has 1 aliphatic rings. The van der Waals surface area contributed by atoms with Crippen LogP contribution in [0.3, 0.4) is 0 Å².